The molecule has 1 atom stereocenters. The normalized spacial score (nSPS) is 17.4. The molecule has 1 N–H and O–H groups in total. The first kappa shape index (κ1) is 17.3. The average molecular weight is 394 g/mol. The number of nitrogens with one attached hydrogen (secondary N) is 1. The van der Waals surface area contributed by atoms with Crippen LogP contribution >= 0.6 is 23.2 Å². The zero-order valence-corrected chi connectivity index (χ0v) is 15.6. The molecular formula is C17H17Cl2N5O2. The van der Waals surface area contributed by atoms with Crippen LogP contribution in [0, 0.1) is 0 Å². The minimum Gasteiger partial charge on any atom is -0.495 e. The third-order valence-corrected chi connectivity index (χ3v) is 4.86. The summed E-state index contributed by atoms with van der Waals surface area (Å²) in [4.78, 5) is 13.1. The Balaban J connectivity index is 1.75. The van der Waals surface area contributed by atoms with E-state index in [2.05, 4.69) is 20.3 Å². The summed E-state index contributed by atoms with van der Waals surface area (Å²) < 4.78 is 13.0. The van der Waals surface area contributed by atoms with Crippen LogP contribution in [0.25, 0.3) is 11.2 Å². The van der Waals surface area contributed by atoms with Gasteiger partial charge in [-0.3, -0.25) is 4.57 Å². The predicted octanol–water partition coefficient (Wildman–Crippen LogP) is 4.58. The third kappa shape index (κ3) is 3.18. The molecule has 9 heteroatoms. The van der Waals surface area contributed by atoms with Gasteiger partial charge >= 0.3 is 0 Å². The van der Waals surface area contributed by atoms with E-state index in [4.69, 9.17) is 32.7 Å². The second-order valence-corrected chi connectivity index (χ2v) is 6.65. The molecule has 1 fully saturated rings. The minimum absolute atomic E-state index is 0.0898. The first-order chi connectivity index (χ1) is 12.7. The zero-order chi connectivity index (χ0) is 18.1. The van der Waals surface area contributed by atoms with Crippen LogP contribution in [0.15, 0.2) is 24.5 Å². The molecule has 1 saturated heterocycles. The first-order valence-electron chi connectivity index (χ1n) is 8.28. The number of hydrogen-bond donors (Lipinski definition) is 1. The highest BCUT2D eigenvalue weighted by molar-refractivity contribution is 6.35. The zero-order valence-electron chi connectivity index (χ0n) is 14.1. The molecule has 1 aromatic carbocycles. The van der Waals surface area contributed by atoms with Gasteiger partial charge in [0.05, 0.1) is 19.1 Å². The van der Waals surface area contributed by atoms with E-state index in [-0.39, 0.29) is 11.5 Å². The maximum atomic E-state index is 6.37. The average Bonchev–Trinajstić information content (AvgIpc) is 3.08. The van der Waals surface area contributed by atoms with Gasteiger partial charge in [-0.1, -0.05) is 17.7 Å². The Kier molecular flexibility index (Phi) is 4.84. The highest BCUT2D eigenvalue weighted by atomic mass is 35.5. The van der Waals surface area contributed by atoms with Gasteiger partial charge in [-0.05, 0) is 43.0 Å². The lowest BCUT2D eigenvalue weighted by molar-refractivity contribution is -0.0298. The smallest absolute Gasteiger partial charge is 0.226 e. The van der Waals surface area contributed by atoms with E-state index in [0.29, 0.717) is 33.4 Å². The summed E-state index contributed by atoms with van der Waals surface area (Å²) in [6.45, 7) is 0.730. The molecule has 0 saturated carbocycles. The second-order valence-electron chi connectivity index (χ2n) is 5.93. The van der Waals surface area contributed by atoms with Crippen LogP contribution in [0.2, 0.25) is 10.3 Å². The van der Waals surface area contributed by atoms with E-state index in [1.54, 1.807) is 19.5 Å². The standard InChI is InChI=1S/C17H17Cl2N5O2/c1-25-11-6-4-5-10(13(11)18)21-15-14-16(23-17(19)22-15)24(9-20-14)12-7-2-3-8-26-12/h4-6,9,12H,2-3,7-8H2,1H3,(H,21,22,23). The summed E-state index contributed by atoms with van der Waals surface area (Å²) >= 11 is 12.5. The third-order valence-electron chi connectivity index (χ3n) is 4.30. The molecule has 0 radical (unpaired) electrons. The van der Waals surface area contributed by atoms with Gasteiger partial charge in [-0.25, -0.2) is 4.98 Å². The molecule has 0 aliphatic carbocycles. The number of rotatable bonds is 4. The van der Waals surface area contributed by atoms with Crippen molar-refractivity contribution in [3.63, 3.8) is 0 Å². The molecule has 3 heterocycles. The van der Waals surface area contributed by atoms with Crippen molar-refractivity contribution in [3.05, 3.63) is 34.8 Å². The Morgan fingerprint density at radius 1 is 1.27 bits per heavy atom. The lowest BCUT2D eigenvalue weighted by Gasteiger charge is -2.23. The summed E-state index contributed by atoms with van der Waals surface area (Å²) in [5, 5.41) is 3.76. The quantitative estimate of drug-likeness (QED) is 0.653. The summed E-state index contributed by atoms with van der Waals surface area (Å²) in [5.41, 5.74) is 1.87. The topological polar surface area (TPSA) is 74.1 Å². The van der Waals surface area contributed by atoms with Crippen molar-refractivity contribution in [2.45, 2.75) is 25.5 Å². The van der Waals surface area contributed by atoms with Gasteiger partial charge in [-0.2, -0.15) is 9.97 Å². The maximum absolute atomic E-state index is 6.37. The number of nitrogens with zero attached hydrogens (tertiary/aromatic N) is 4. The highest BCUT2D eigenvalue weighted by Crippen LogP contribution is 2.35. The number of fused-ring (bicyclic) bond motifs is 1. The first-order valence-corrected chi connectivity index (χ1v) is 9.04. The molecular weight excluding hydrogens is 377 g/mol. The van der Waals surface area contributed by atoms with Gasteiger partial charge in [0.1, 0.15) is 17.0 Å². The van der Waals surface area contributed by atoms with Crippen molar-refractivity contribution in [2.24, 2.45) is 0 Å². The van der Waals surface area contributed by atoms with Crippen molar-refractivity contribution in [3.8, 4) is 5.75 Å². The van der Waals surface area contributed by atoms with Crippen LogP contribution in [0.3, 0.4) is 0 Å². The van der Waals surface area contributed by atoms with Crippen molar-refractivity contribution in [2.75, 3.05) is 19.0 Å². The summed E-state index contributed by atoms with van der Waals surface area (Å²) in [6.07, 6.45) is 4.71. The summed E-state index contributed by atoms with van der Waals surface area (Å²) in [7, 11) is 1.57. The largest absolute Gasteiger partial charge is 0.495 e. The number of aromatic nitrogens is 4. The molecule has 0 bridgehead atoms. The number of halogens is 2. The van der Waals surface area contributed by atoms with Crippen molar-refractivity contribution < 1.29 is 9.47 Å². The minimum atomic E-state index is -0.0898. The molecule has 136 valence electrons. The van der Waals surface area contributed by atoms with E-state index in [1.165, 1.54) is 0 Å². The lowest BCUT2D eigenvalue weighted by atomic mass is 10.2. The SMILES string of the molecule is COc1cccc(Nc2nc(Cl)nc3c2ncn3C2CCCCO2)c1Cl. The Bertz CT molecular complexity index is 940. The monoisotopic (exact) mass is 393 g/mol. The van der Waals surface area contributed by atoms with Gasteiger partial charge in [0, 0.05) is 6.61 Å². The molecule has 3 aromatic rings. The summed E-state index contributed by atoms with van der Waals surface area (Å²) in [6, 6.07) is 5.45. The number of ether oxygens (including phenoxy) is 2. The number of methoxy groups -OCH3 is 1. The van der Waals surface area contributed by atoms with Crippen LogP contribution in [-0.4, -0.2) is 33.2 Å². The van der Waals surface area contributed by atoms with Crippen LogP contribution in [-0.2, 0) is 4.74 Å². The second kappa shape index (κ2) is 7.26. The van der Waals surface area contributed by atoms with Crippen molar-refractivity contribution in [1.29, 1.82) is 0 Å². The van der Waals surface area contributed by atoms with E-state index in [9.17, 15) is 0 Å². The fourth-order valence-electron chi connectivity index (χ4n) is 3.02. The van der Waals surface area contributed by atoms with Crippen LogP contribution in [0.5, 0.6) is 5.75 Å². The van der Waals surface area contributed by atoms with E-state index in [0.717, 1.165) is 25.9 Å². The number of benzene rings is 1. The molecule has 26 heavy (non-hydrogen) atoms. The molecule has 1 aliphatic rings. The van der Waals surface area contributed by atoms with Crippen LogP contribution in [0.4, 0.5) is 11.5 Å². The molecule has 2 aromatic heterocycles. The highest BCUT2D eigenvalue weighted by Gasteiger charge is 2.21. The molecule has 1 aliphatic heterocycles. The Morgan fingerprint density at radius 2 is 2.15 bits per heavy atom. The van der Waals surface area contributed by atoms with Crippen LogP contribution < -0.4 is 10.1 Å². The Labute approximate surface area is 160 Å². The van der Waals surface area contributed by atoms with Gasteiger partial charge in [-0.15, -0.1) is 0 Å². The fourth-order valence-corrected chi connectivity index (χ4v) is 3.44. The van der Waals surface area contributed by atoms with Gasteiger partial charge in [0.25, 0.3) is 0 Å². The molecule has 0 amide bonds. The molecule has 7 nitrogen and oxygen atoms in total. The predicted molar refractivity (Wildman–Crippen MR) is 100 cm³/mol. The number of imidazole rings is 1. The molecule has 0 spiro atoms. The van der Waals surface area contributed by atoms with E-state index in [1.807, 2.05) is 16.7 Å². The van der Waals surface area contributed by atoms with Crippen LogP contribution in [0.1, 0.15) is 25.5 Å². The van der Waals surface area contributed by atoms with Crippen molar-refractivity contribution in [1.82, 2.24) is 19.5 Å². The van der Waals surface area contributed by atoms with Gasteiger partial charge in [0.15, 0.2) is 17.0 Å². The van der Waals surface area contributed by atoms with Gasteiger partial charge < -0.3 is 14.8 Å². The Morgan fingerprint density at radius 3 is 2.92 bits per heavy atom. The van der Waals surface area contributed by atoms with Crippen molar-refractivity contribution >= 4 is 45.9 Å². The maximum Gasteiger partial charge on any atom is 0.226 e. The summed E-state index contributed by atoms with van der Waals surface area (Å²) in [5.74, 6) is 1.04. The molecule has 1 unspecified atom stereocenters. The molecule has 4 rings (SSSR count). The van der Waals surface area contributed by atoms with Gasteiger partial charge in [0.2, 0.25) is 5.28 Å². The fraction of sp³-hybridized carbons (Fsp3) is 0.353. The lowest BCUT2D eigenvalue weighted by Crippen LogP contribution is -2.17. The number of hydrogen-bond acceptors (Lipinski definition) is 6. The Hall–Kier alpha value is -2.09. The van der Waals surface area contributed by atoms with E-state index < -0.39 is 0 Å². The number of anilines is 2. The van der Waals surface area contributed by atoms with E-state index >= 15 is 0 Å².